The number of carbonyl (C=O) groups is 1. The highest BCUT2D eigenvalue weighted by Gasteiger charge is 2.12. The van der Waals surface area contributed by atoms with Crippen LogP contribution in [0.2, 0.25) is 5.02 Å². The van der Waals surface area contributed by atoms with Gasteiger partial charge in [-0.25, -0.2) is 0 Å². The van der Waals surface area contributed by atoms with Crippen molar-refractivity contribution in [3.05, 3.63) is 82.9 Å². The van der Waals surface area contributed by atoms with Gasteiger partial charge in [0.2, 0.25) is 0 Å². The fraction of sp³-hybridized carbons (Fsp3) is 0.136. The molecular formula is C22H20ClNO4. The quantitative estimate of drug-likeness (QED) is 0.596. The molecule has 1 amide bonds. The van der Waals surface area contributed by atoms with Crippen LogP contribution < -0.4 is 19.5 Å². The molecule has 3 aromatic rings. The lowest BCUT2D eigenvalue weighted by Gasteiger charge is -2.13. The second-order valence-corrected chi connectivity index (χ2v) is 6.34. The summed E-state index contributed by atoms with van der Waals surface area (Å²) in [5, 5.41) is 3.47. The minimum absolute atomic E-state index is 0.260. The largest absolute Gasteiger partial charge is 0.497 e. The Morgan fingerprint density at radius 3 is 2.50 bits per heavy atom. The number of methoxy groups -OCH3 is 2. The van der Waals surface area contributed by atoms with Crippen LogP contribution >= 0.6 is 11.6 Å². The molecule has 0 aromatic heterocycles. The number of carbonyl (C=O) groups excluding carboxylic acids is 1. The highest BCUT2D eigenvalue weighted by Crippen LogP contribution is 2.30. The summed E-state index contributed by atoms with van der Waals surface area (Å²) < 4.78 is 16.4. The van der Waals surface area contributed by atoms with Crippen LogP contribution in [0.25, 0.3) is 0 Å². The molecule has 0 bridgehead atoms. The molecule has 0 unspecified atom stereocenters. The lowest BCUT2D eigenvalue weighted by atomic mass is 10.1. The maximum Gasteiger partial charge on any atom is 0.255 e. The van der Waals surface area contributed by atoms with Crippen molar-refractivity contribution in [2.24, 2.45) is 0 Å². The third-order valence-electron chi connectivity index (χ3n) is 4.09. The number of benzene rings is 3. The molecule has 0 aliphatic carbocycles. The van der Waals surface area contributed by atoms with Crippen molar-refractivity contribution in [1.29, 1.82) is 0 Å². The van der Waals surface area contributed by atoms with Gasteiger partial charge in [-0.3, -0.25) is 4.79 Å². The molecular weight excluding hydrogens is 378 g/mol. The van der Waals surface area contributed by atoms with Gasteiger partial charge in [0, 0.05) is 27.9 Å². The molecule has 3 aromatic carbocycles. The molecule has 0 heterocycles. The molecule has 3 rings (SSSR count). The van der Waals surface area contributed by atoms with Crippen molar-refractivity contribution in [2.45, 2.75) is 6.61 Å². The second-order valence-electron chi connectivity index (χ2n) is 5.93. The zero-order valence-electron chi connectivity index (χ0n) is 15.6. The van der Waals surface area contributed by atoms with Gasteiger partial charge in [-0.15, -0.1) is 0 Å². The van der Waals surface area contributed by atoms with Crippen molar-refractivity contribution in [3.8, 4) is 17.2 Å². The SMILES string of the molecule is COc1cccc(NC(=O)c2ccc(OCc3ccccc3Cl)c(OC)c2)c1. The maximum atomic E-state index is 12.6. The van der Waals surface area contributed by atoms with E-state index in [0.29, 0.717) is 40.1 Å². The average Bonchev–Trinajstić information content (AvgIpc) is 2.73. The molecule has 0 fully saturated rings. The smallest absolute Gasteiger partial charge is 0.255 e. The molecule has 144 valence electrons. The number of halogens is 1. The summed E-state index contributed by atoms with van der Waals surface area (Å²) >= 11 is 6.16. The molecule has 0 spiro atoms. The van der Waals surface area contributed by atoms with Gasteiger partial charge in [0.25, 0.3) is 5.91 Å². The Morgan fingerprint density at radius 2 is 1.75 bits per heavy atom. The standard InChI is InChI=1S/C22H20ClNO4/c1-26-18-8-5-7-17(13-18)24-22(25)15-10-11-20(21(12-15)27-2)28-14-16-6-3-4-9-19(16)23/h3-13H,14H2,1-2H3,(H,24,25). The fourth-order valence-electron chi connectivity index (χ4n) is 2.60. The Labute approximate surface area is 168 Å². The topological polar surface area (TPSA) is 56.8 Å². The summed E-state index contributed by atoms with van der Waals surface area (Å²) in [6.45, 7) is 0.297. The van der Waals surface area contributed by atoms with Crippen molar-refractivity contribution in [2.75, 3.05) is 19.5 Å². The summed E-state index contributed by atoms with van der Waals surface area (Å²) in [6, 6.07) is 19.6. The molecule has 0 atom stereocenters. The third-order valence-corrected chi connectivity index (χ3v) is 4.46. The molecule has 6 heteroatoms. The van der Waals surface area contributed by atoms with Gasteiger partial charge in [0.1, 0.15) is 12.4 Å². The molecule has 28 heavy (non-hydrogen) atoms. The van der Waals surface area contributed by atoms with Gasteiger partial charge in [-0.05, 0) is 36.4 Å². The van der Waals surface area contributed by atoms with Crippen LogP contribution in [0.4, 0.5) is 5.69 Å². The van der Waals surface area contributed by atoms with E-state index in [-0.39, 0.29) is 5.91 Å². The van der Waals surface area contributed by atoms with Crippen LogP contribution in [0, 0.1) is 0 Å². The van der Waals surface area contributed by atoms with Crippen LogP contribution in [0.1, 0.15) is 15.9 Å². The zero-order chi connectivity index (χ0) is 19.9. The van der Waals surface area contributed by atoms with Crippen LogP contribution in [-0.4, -0.2) is 20.1 Å². The summed E-state index contributed by atoms with van der Waals surface area (Å²) in [5.74, 6) is 1.40. The first kappa shape index (κ1) is 19.6. The molecule has 0 radical (unpaired) electrons. The minimum atomic E-state index is -0.260. The monoisotopic (exact) mass is 397 g/mol. The van der Waals surface area contributed by atoms with Crippen molar-refractivity contribution in [3.63, 3.8) is 0 Å². The van der Waals surface area contributed by atoms with E-state index in [0.717, 1.165) is 5.56 Å². The van der Waals surface area contributed by atoms with E-state index in [9.17, 15) is 4.79 Å². The van der Waals surface area contributed by atoms with Crippen molar-refractivity contribution in [1.82, 2.24) is 0 Å². The molecule has 5 nitrogen and oxygen atoms in total. The number of anilines is 1. The molecule has 0 aliphatic rings. The first-order valence-corrected chi connectivity index (χ1v) is 8.98. The highest BCUT2D eigenvalue weighted by molar-refractivity contribution is 6.31. The van der Waals surface area contributed by atoms with E-state index in [2.05, 4.69) is 5.32 Å². The number of hydrogen-bond acceptors (Lipinski definition) is 4. The Bertz CT molecular complexity index is 974. The predicted molar refractivity (Wildman–Crippen MR) is 110 cm³/mol. The third kappa shape index (κ3) is 4.75. The van der Waals surface area contributed by atoms with Gasteiger partial charge in [0.15, 0.2) is 11.5 Å². The first-order valence-electron chi connectivity index (χ1n) is 8.60. The Balaban J connectivity index is 1.73. The maximum absolute atomic E-state index is 12.6. The minimum Gasteiger partial charge on any atom is -0.497 e. The van der Waals surface area contributed by atoms with E-state index in [1.54, 1.807) is 43.5 Å². The fourth-order valence-corrected chi connectivity index (χ4v) is 2.79. The Kier molecular flexibility index (Phi) is 6.40. The summed E-state index contributed by atoms with van der Waals surface area (Å²) in [7, 11) is 3.11. The zero-order valence-corrected chi connectivity index (χ0v) is 16.3. The van der Waals surface area contributed by atoms with E-state index in [1.807, 2.05) is 30.3 Å². The predicted octanol–water partition coefficient (Wildman–Crippen LogP) is 5.19. The van der Waals surface area contributed by atoms with E-state index >= 15 is 0 Å². The lowest BCUT2D eigenvalue weighted by Crippen LogP contribution is -2.12. The van der Waals surface area contributed by atoms with Gasteiger partial charge in [0.05, 0.1) is 14.2 Å². The number of rotatable bonds is 7. The Morgan fingerprint density at radius 1 is 0.929 bits per heavy atom. The van der Waals surface area contributed by atoms with Crippen LogP contribution in [0.5, 0.6) is 17.2 Å². The summed E-state index contributed by atoms with van der Waals surface area (Å²) in [4.78, 5) is 12.6. The van der Waals surface area contributed by atoms with Crippen molar-refractivity contribution < 1.29 is 19.0 Å². The van der Waals surface area contributed by atoms with Crippen LogP contribution in [-0.2, 0) is 6.61 Å². The van der Waals surface area contributed by atoms with Gasteiger partial charge >= 0.3 is 0 Å². The number of hydrogen-bond donors (Lipinski definition) is 1. The van der Waals surface area contributed by atoms with Gasteiger partial charge in [-0.1, -0.05) is 35.9 Å². The number of amides is 1. The number of nitrogens with one attached hydrogen (secondary N) is 1. The van der Waals surface area contributed by atoms with E-state index in [4.69, 9.17) is 25.8 Å². The average molecular weight is 398 g/mol. The van der Waals surface area contributed by atoms with Crippen LogP contribution in [0.3, 0.4) is 0 Å². The van der Waals surface area contributed by atoms with E-state index < -0.39 is 0 Å². The number of ether oxygens (including phenoxy) is 3. The highest BCUT2D eigenvalue weighted by atomic mass is 35.5. The molecule has 0 saturated heterocycles. The normalized spacial score (nSPS) is 10.2. The Hall–Kier alpha value is -3.18. The summed E-state index contributed by atoms with van der Waals surface area (Å²) in [6.07, 6.45) is 0. The lowest BCUT2D eigenvalue weighted by molar-refractivity contribution is 0.102. The molecule has 0 aliphatic heterocycles. The summed E-state index contributed by atoms with van der Waals surface area (Å²) in [5.41, 5.74) is 1.96. The second kappa shape index (κ2) is 9.15. The van der Waals surface area contributed by atoms with E-state index in [1.165, 1.54) is 7.11 Å². The van der Waals surface area contributed by atoms with Gasteiger partial charge in [-0.2, -0.15) is 0 Å². The molecule has 1 N–H and O–H groups in total. The van der Waals surface area contributed by atoms with Crippen LogP contribution in [0.15, 0.2) is 66.7 Å². The molecule has 0 saturated carbocycles. The van der Waals surface area contributed by atoms with Gasteiger partial charge < -0.3 is 19.5 Å². The van der Waals surface area contributed by atoms with Crippen molar-refractivity contribution >= 4 is 23.2 Å². The first-order chi connectivity index (χ1) is 13.6.